The quantitative estimate of drug-likeness (QED) is 0.613. The average Bonchev–Trinajstić information content (AvgIpc) is 3.12. The van der Waals surface area contributed by atoms with Gasteiger partial charge in [-0.3, -0.25) is 0 Å². The highest BCUT2D eigenvalue weighted by atomic mass is 16.3. The lowest BCUT2D eigenvalue weighted by molar-refractivity contribution is 0.468. The normalized spacial score (nSPS) is 8.57. The third kappa shape index (κ3) is 6.10. The van der Waals surface area contributed by atoms with Crippen molar-refractivity contribution >= 4 is 11.0 Å². The van der Waals surface area contributed by atoms with Crippen LogP contribution in [-0.2, 0) is 0 Å². The molecule has 0 aliphatic carbocycles. The predicted octanol–water partition coefficient (Wildman–Crippen LogP) is 5.84. The van der Waals surface area contributed by atoms with Crippen LogP contribution in [0.5, 0.6) is 5.75 Å². The Balaban J connectivity index is 0. The van der Waals surface area contributed by atoms with E-state index < -0.39 is 0 Å². The molecule has 128 valence electrons. The van der Waals surface area contributed by atoms with Crippen LogP contribution < -0.4 is 0 Å². The van der Waals surface area contributed by atoms with Crippen molar-refractivity contribution in [2.75, 3.05) is 0 Å². The summed E-state index contributed by atoms with van der Waals surface area (Å²) in [5.41, 5.74) is 2.20. The molecule has 0 spiro atoms. The molecule has 0 atom stereocenters. The number of nitrogens with zero attached hydrogens (tertiary/aromatic N) is 3. The van der Waals surface area contributed by atoms with Crippen molar-refractivity contribution in [2.45, 2.75) is 48.9 Å². The first kappa shape index (κ1) is 20.6. The van der Waals surface area contributed by atoms with E-state index >= 15 is 0 Å². The van der Waals surface area contributed by atoms with Crippen LogP contribution in [0, 0.1) is 0 Å². The molecule has 0 unspecified atom stereocenters. The molecule has 3 aromatic rings. The summed E-state index contributed by atoms with van der Waals surface area (Å²) < 4.78 is 5.75. The van der Waals surface area contributed by atoms with E-state index in [0.717, 1.165) is 11.0 Å². The minimum Gasteiger partial charge on any atom is -0.506 e. The van der Waals surface area contributed by atoms with Gasteiger partial charge in [0.05, 0.1) is 0 Å². The molecule has 0 amide bonds. The molecule has 2 aromatic carbocycles. The van der Waals surface area contributed by atoms with Crippen LogP contribution in [0.4, 0.5) is 0 Å². The second kappa shape index (κ2) is 13.3. The third-order valence-corrected chi connectivity index (χ3v) is 2.38. The zero-order chi connectivity index (χ0) is 19.0. The zero-order valence-corrected chi connectivity index (χ0v) is 15.4. The van der Waals surface area contributed by atoms with E-state index in [1.807, 2.05) is 71.9 Å². The Bertz CT molecular complexity index is 621. The largest absolute Gasteiger partial charge is 0.506 e. The summed E-state index contributed by atoms with van der Waals surface area (Å²) in [7, 11) is 1.25. The van der Waals surface area contributed by atoms with Crippen molar-refractivity contribution in [1.29, 1.82) is 0 Å². The number of hydrogen-bond acceptors (Lipinski definition) is 3. The van der Waals surface area contributed by atoms with Crippen LogP contribution in [0.3, 0.4) is 0 Å². The van der Waals surface area contributed by atoms with Gasteiger partial charge in [0, 0.05) is 1.37 Å². The van der Waals surface area contributed by atoms with E-state index in [1.165, 1.54) is 12.2 Å². The topological polar surface area (TPSA) is 50.9 Å². The highest BCUT2D eigenvalue weighted by Gasteiger charge is 2.06. The van der Waals surface area contributed by atoms with Crippen molar-refractivity contribution < 1.29 is 6.48 Å². The molecule has 0 radical (unpaired) electrons. The molecular weight excluding hydrogens is 286 g/mol. The van der Waals surface area contributed by atoms with Crippen molar-refractivity contribution in [3.63, 3.8) is 0 Å². The van der Waals surface area contributed by atoms with E-state index in [0.29, 0.717) is 5.69 Å². The van der Waals surface area contributed by atoms with Gasteiger partial charge in [0.2, 0.25) is 0 Å². The van der Waals surface area contributed by atoms with Crippen LogP contribution in [0.15, 0.2) is 48.5 Å². The standard InChI is InChI=1S/C12H9N3O.3C2H6.CH4/c16-12-8-4-3-7-11(12)15-13-9-5-1-2-6-10(9)14-15;3*1-2;/h1-8,16H;3*1-2H3;1H4/i;;;;1D. The van der Waals surface area contributed by atoms with Gasteiger partial charge in [-0.05, 0) is 24.3 Å². The summed E-state index contributed by atoms with van der Waals surface area (Å²) in [4.78, 5) is 1.44. The Hall–Kier alpha value is -2.36. The molecule has 0 bridgehead atoms. The summed E-state index contributed by atoms with van der Waals surface area (Å²) in [6, 6.07) is 14.6. The van der Waals surface area contributed by atoms with Crippen molar-refractivity contribution in [2.24, 2.45) is 0 Å². The van der Waals surface area contributed by atoms with E-state index in [2.05, 4.69) is 10.2 Å². The molecular formula is C19H31N3O. The molecule has 0 aliphatic heterocycles. The van der Waals surface area contributed by atoms with Gasteiger partial charge in [-0.25, -0.2) is 0 Å². The number of fused-ring (bicyclic) bond motifs is 1. The Morgan fingerprint density at radius 1 is 0.783 bits per heavy atom. The van der Waals surface area contributed by atoms with Crippen molar-refractivity contribution in [3.8, 4) is 11.4 Å². The van der Waals surface area contributed by atoms with Crippen molar-refractivity contribution in [1.82, 2.24) is 15.0 Å². The van der Waals surface area contributed by atoms with Crippen LogP contribution >= 0.6 is 0 Å². The zero-order valence-electron chi connectivity index (χ0n) is 16.4. The van der Waals surface area contributed by atoms with Gasteiger partial charge < -0.3 is 5.11 Å². The number of phenols is 1. The van der Waals surface area contributed by atoms with Gasteiger partial charge in [0.25, 0.3) is 0 Å². The first-order valence-corrected chi connectivity index (χ1v) is 7.95. The number of para-hydroxylation sites is 2. The molecule has 1 N–H and O–H groups in total. The molecule has 3 rings (SSSR count). The van der Waals surface area contributed by atoms with Crippen LogP contribution in [0.2, 0.25) is 0 Å². The minimum atomic E-state index is 0.169. The smallest absolute Gasteiger partial charge is 0.143 e. The van der Waals surface area contributed by atoms with E-state index in [-0.39, 0.29) is 5.75 Å². The summed E-state index contributed by atoms with van der Waals surface area (Å²) in [6.45, 7) is 12.0. The minimum absolute atomic E-state index is 0.169. The first-order valence-electron chi connectivity index (χ1n) is 8.95. The van der Waals surface area contributed by atoms with Crippen LogP contribution in [0.1, 0.15) is 50.3 Å². The third-order valence-electron chi connectivity index (χ3n) is 2.38. The molecule has 1 heterocycles. The Labute approximate surface area is 142 Å². The Kier molecular flexibility index (Phi) is 11.9. The summed E-state index contributed by atoms with van der Waals surface area (Å²) >= 11 is 0. The van der Waals surface area contributed by atoms with Crippen molar-refractivity contribution in [3.05, 3.63) is 48.5 Å². The van der Waals surface area contributed by atoms with Gasteiger partial charge in [0.15, 0.2) is 0 Å². The molecule has 1 aromatic heterocycles. The molecule has 0 saturated carbocycles. The number of rotatable bonds is 1. The second-order valence-corrected chi connectivity index (χ2v) is 3.47. The highest BCUT2D eigenvalue weighted by Crippen LogP contribution is 2.20. The van der Waals surface area contributed by atoms with Gasteiger partial charge in [-0.2, -0.15) is 0 Å². The summed E-state index contributed by atoms with van der Waals surface area (Å²) in [5, 5.41) is 18.3. The number of aromatic hydroxyl groups is 1. The summed E-state index contributed by atoms with van der Waals surface area (Å²) in [5.74, 6) is 0.169. The first-order chi connectivity index (χ1) is 11.8. The van der Waals surface area contributed by atoms with Crippen LogP contribution in [-0.4, -0.2) is 20.1 Å². The molecule has 4 heteroatoms. The lowest BCUT2D eigenvalue weighted by Crippen LogP contribution is -1.98. The highest BCUT2D eigenvalue weighted by molar-refractivity contribution is 5.73. The van der Waals surface area contributed by atoms with E-state index in [9.17, 15) is 5.11 Å². The molecule has 0 fully saturated rings. The molecule has 0 saturated heterocycles. The maximum Gasteiger partial charge on any atom is 0.143 e. The SMILES string of the molecule is CC.CC.CC.Oc1ccccc1-n1nc2ccccc2n1.[2H]C. The maximum absolute atomic E-state index is 9.69. The fraction of sp³-hybridized carbons (Fsp3) is 0.368. The van der Waals surface area contributed by atoms with E-state index in [1.54, 1.807) is 18.2 Å². The van der Waals surface area contributed by atoms with Gasteiger partial charge in [-0.15, -0.1) is 15.0 Å². The second-order valence-electron chi connectivity index (χ2n) is 3.47. The number of hydrogen-bond donors (Lipinski definition) is 1. The fourth-order valence-electron chi connectivity index (χ4n) is 1.60. The van der Waals surface area contributed by atoms with E-state index in [4.69, 9.17) is 1.37 Å². The average molecular weight is 318 g/mol. The fourth-order valence-corrected chi connectivity index (χ4v) is 1.60. The van der Waals surface area contributed by atoms with Gasteiger partial charge in [0.1, 0.15) is 22.5 Å². The number of aromatic nitrogens is 3. The predicted molar refractivity (Wildman–Crippen MR) is 101 cm³/mol. The van der Waals surface area contributed by atoms with Gasteiger partial charge >= 0.3 is 0 Å². The number of phenolic OH excluding ortho intramolecular Hbond substituents is 1. The van der Waals surface area contributed by atoms with Gasteiger partial charge in [-0.1, -0.05) is 73.2 Å². The monoisotopic (exact) mass is 318 g/mol. The lowest BCUT2D eigenvalue weighted by atomic mass is 10.3. The molecule has 4 nitrogen and oxygen atoms in total. The Morgan fingerprint density at radius 3 is 1.61 bits per heavy atom. The summed E-state index contributed by atoms with van der Waals surface area (Å²) in [6.07, 6.45) is 0. The lowest BCUT2D eigenvalue weighted by Gasteiger charge is -2.00. The Morgan fingerprint density at radius 2 is 1.17 bits per heavy atom. The molecule has 23 heavy (non-hydrogen) atoms. The van der Waals surface area contributed by atoms with Crippen LogP contribution in [0.25, 0.3) is 16.7 Å². The molecule has 0 aliphatic rings. The maximum atomic E-state index is 9.69. The number of benzene rings is 2.